The van der Waals surface area contributed by atoms with Crippen LogP contribution in [0.5, 0.6) is 0 Å². The highest BCUT2D eigenvalue weighted by molar-refractivity contribution is 5.81. The smallest absolute Gasteiger partial charge is 0.481 e. The minimum Gasteiger partial charge on any atom is -0.481 e. The van der Waals surface area contributed by atoms with Gasteiger partial charge in [-0.3, -0.25) is 9.59 Å². The highest BCUT2D eigenvalue weighted by Gasteiger charge is 2.29. The number of rotatable bonds is 12. The maximum atomic E-state index is 11.8. The van der Waals surface area contributed by atoms with Crippen molar-refractivity contribution < 1.29 is 29.0 Å². The first-order valence-corrected chi connectivity index (χ1v) is 9.02. The van der Waals surface area contributed by atoms with Crippen LogP contribution < -0.4 is 0 Å². The van der Waals surface area contributed by atoms with Gasteiger partial charge >= 0.3 is 17.9 Å². The van der Waals surface area contributed by atoms with Crippen molar-refractivity contribution in [3.63, 3.8) is 0 Å². The molecule has 0 amide bonds. The van der Waals surface area contributed by atoms with Crippen LogP contribution in [0.15, 0.2) is 18.2 Å². The number of carbonyl (C=O) groups excluding carboxylic acids is 2. The molecular weight excluding hydrogens is 348 g/mol. The number of hydrogen-bond donors (Lipinski definition) is 1. The van der Waals surface area contributed by atoms with Crippen molar-refractivity contribution >= 4 is 17.9 Å². The molecule has 0 aliphatic rings. The topological polar surface area (TPSA) is 89.9 Å². The Kier molecular flexibility index (Phi) is 9.95. The monoisotopic (exact) mass is 381 g/mol. The minimum atomic E-state index is -1.06. The lowest BCUT2D eigenvalue weighted by Gasteiger charge is -2.33. The zero-order valence-corrected chi connectivity index (χ0v) is 17.2. The molecule has 0 fully saturated rings. The predicted octanol–water partition coefficient (Wildman–Crippen LogP) is 3.95. The van der Waals surface area contributed by atoms with E-state index in [0.29, 0.717) is 6.42 Å². The lowest BCUT2D eigenvalue weighted by Crippen LogP contribution is -2.24. The van der Waals surface area contributed by atoms with Crippen molar-refractivity contribution in [3.8, 4) is 0 Å². The highest BCUT2D eigenvalue weighted by Crippen LogP contribution is 2.38. The van der Waals surface area contributed by atoms with Crippen LogP contribution in [0.2, 0.25) is 0 Å². The van der Waals surface area contributed by atoms with E-state index < -0.39 is 23.8 Å². The second-order valence-electron chi connectivity index (χ2n) is 8.83. The molecule has 0 heterocycles. The van der Waals surface area contributed by atoms with E-state index in [-0.39, 0.29) is 36.9 Å². The van der Waals surface area contributed by atoms with Gasteiger partial charge in [0, 0.05) is 0 Å². The summed E-state index contributed by atoms with van der Waals surface area (Å²) in [6.45, 7) is 19.4. The summed E-state index contributed by atoms with van der Waals surface area (Å²) in [7, 11) is 0. The van der Waals surface area contributed by atoms with Crippen LogP contribution >= 0.6 is 0 Å². The molecule has 0 radical (unpaired) electrons. The van der Waals surface area contributed by atoms with Crippen LogP contribution in [-0.2, 0) is 23.9 Å². The fraction of sp³-hybridized carbons (Fsp3) is 0.667. The van der Waals surface area contributed by atoms with Crippen LogP contribution in [0.4, 0.5) is 0 Å². The van der Waals surface area contributed by atoms with Gasteiger partial charge in [0.05, 0.1) is 18.9 Å². The molecule has 0 aromatic heterocycles. The quantitative estimate of drug-likeness (QED) is 0.181. The third kappa shape index (κ3) is 12.7. The van der Waals surface area contributed by atoms with Gasteiger partial charge in [-0.15, -0.1) is 4.79 Å². The molecule has 27 heavy (non-hydrogen) atoms. The largest absolute Gasteiger partial charge is 0.484 e. The standard InChI is InChI=1S/C21H32O6/c1-8-17(22)26-9-10-27-18(23)12-16(19(24)25)11-15(2)13-21(6,7)14-20(3,4)5/h1,8,16H,2,9-14H2,3-7H3/p+1. The Morgan fingerprint density at radius 2 is 1.63 bits per heavy atom. The molecular formula is C21H33O6+. The molecule has 0 bridgehead atoms. The normalized spacial score (nSPS) is 12.7. The van der Waals surface area contributed by atoms with Gasteiger partial charge in [-0.25, -0.2) is 0 Å². The Labute approximate surface area is 162 Å². The number of esters is 2. The number of carboxylic acids is 1. The first kappa shape index (κ1) is 24.8. The van der Waals surface area contributed by atoms with Crippen molar-refractivity contribution in [3.05, 3.63) is 24.8 Å². The maximum absolute atomic E-state index is 11.8. The highest BCUT2D eigenvalue weighted by atomic mass is 16.6. The number of carboxylic acid groups (broad SMARTS) is 1. The van der Waals surface area contributed by atoms with E-state index in [1.165, 1.54) is 0 Å². The van der Waals surface area contributed by atoms with Gasteiger partial charge in [-0.2, -0.15) is 0 Å². The third-order valence-electron chi connectivity index (χ3n) is 3.76. The molecule has 1 atom stereocenters. The fourth-order valence-electron chi connectivity index (χ4n) is 3.45. The van der Waals surface area contributed by atoms with Gasteiger partial charge in [-0.1, -0.05) is 46.8 Å². The molecule has 0 saturated heterocycles. The first-order valence-electron chi connectivity index (χ1n) is 9.02. The van der Waals surface area contributed by atoms with Crippen LogP contribution in [0.3, 0.4) is 0 Å². The van der Waals surface area contributed by atoms with Crippen molar-refractivity contribution in [2.75, 3.05) is 13.2 Å². The van der Waals surface area contributed by atoms with E-state index in [4.69, 9.17) is 11.3 Å². The first-order chi connectivity index (χ1) is 12.3. The van der Waals surface area contributed by atoms with Gasteiger partial charge in [0.1, 0.15) is 6.61 Å². The van der Waals surface area contributed by atoms with Gasteiger partial charge in [-0.05, 0) is 30.1 Å². The Morgan fingerprint density at radius 3 is 2.11 bits per heavy atom. The summed E-state index contributed by atoms with van der Waals surface area (Å²) < 4.78 is 9.53. The SMILES string of the molecule is [CH+]=CC(=O)OCCOC(=O)CC(CC(=C)CC(C)(C)CC(C)(C)C)C(=O)O. The van der Waals surface area contributed by atoms with E-state index in [2.05, 4.69) is 45.9 Å². The number of hydrogen-bond acceptors (Lipinski definition) is 5. The molecule has 0 aliphatic heterocycles. The van der Waals surface area contributed by atoms with E-state index in [0.717, 1.165) is 18.1 Å². The van der Waals surface area contributed by atoms with Crippen LogP contribution in [0, 0.1) is 23.3 Å². The van der Waals surface area contributed by atoms with E-state index in [9.17, 15) is 19.5 Å². The van der Waals surface area contributed by atoms with E-state index in [1.807, 2.05) is 0 Å². The van der Waals surface area contributed by atoms with E-state index in [1.54, 1.807) is 0 Å². The molecule has 0 spiro atoms. The van der Waals surface area contributed by atoms with Crippen LogP contribution in [-0.4, -0.2) is 36.2 Å². The lowest BCUT2D eigenvalue weighted by molar-refractivity contribution is -0.154. The summed E-state index contributed by atoms with van der Waals surface area (Å²) >= 11 is 0. The molecule has 6 heteroatoms. The van der Waals surface area contributed by atoms with Crippen molar-refractivity contribution in [1.82, 2.24) is 0 Å². The summed E-state index contributed by atoms with van der Waals surface area (Å²) in [4.78, 5) is 34.1. The predicted molar refractivity (Wildman–Crippen MR) is 103 cm³/mol. The Hall–Kier alpha value is -2.20. The number of ether oxygens (including phenoxy) is 2. The zero-order chi connectivity index (χ0) is 21.3. The van der Waals surface area contributed by atoms with Crippen LogP contribution in [0.25, 0.3) is 0 Å². The second-order valence-corrected chi connectivity index (χ2v) is 8.83. The molecule has 1 unspecified atom stereocenters. The Bertz CT molecular complexity index is 554. The van der Waals surface area contributed by atoms with Crippen LogP contribution in [0.1, 0.15) is 60.3 Å². The lowest BCUT2D eigenvalue weighted by atomic mass is 9.72. The van der Waals surface area contributed by atoms with Crippen molar-refractivity contribution in [2.45, 2.75) is 60.3 Å². The van der Waals surface area contributed by atoms with Crippen molar-refractivity contribution in [2.24, 2.45) is 16.7 Å². The Balaban J connectivity index is 4.53. The number of aliphatic carboxylic acids is 1. The molecule has 0 rings (SSSR count). The average Bonchev–Trinajstić information content (AvgIpc) is 2.47. The molecule has 0 aliphatic carbocycles. The summed E-state index contributed by atoms with van der Waals surface area (Å²) in [6.07, 6.45) is 2.38. The third-order valence-corrected chi connectivity index (χ3v) is 3.76. The molecule has 152 valence electrons. The number of carbonyl (C=O) groups is 3. The molecule has 0 aromatic rings. The summed E-state index contributed by atoms with van der Waals surface area (Å²) in [5.74, 6) is -3.33. The van der Waals surface area contributed by atoms with Gasteiger partial charge in [0.2, 0.25) is 6.08 Å². The van der Waals surface area contributed by atoms with Gasteiger partial charge in [0.25, 0.3) is 0 Å². The summed E-state index contributed by atoms with van der Waals surface area (Å²) in [5, 5.41) is 9.40. The molecule has 1 N–H and O–H groups in total. The van der Waals surface area contributed by atoms with E-state index >= 15 is 0 Å². The summed E-state index contributed by atoms with van der Waals surface area (Å²) in [5.41, 5.74) is 0.949. The second kappa shape index (κ2) is 10.8. The molecule has 0 aromatic carbocycles. The Morgan fingerprint density at radius 1 is 1.07 bits per heavy atom. The molecule has 6 nitrogen and oxygen atoms in total. The summed E-state index contributed by atoms with van der Waals surface area (Å²) in [6, 6.07) is 0. The van der Waals surface area contributed by atoms with Gasteiger partial charge in [0.15, 0.2) is 6.61 Å². The maximum Gasteiger partial charge on any atom is 0.484 e. The minimum absolute atomic E-state index is 0.0111. The van der Waals surface area contributed by atoms with Crippen molar-refractivity contribution in [1.29, 1.82) is 0 Å². The number of allylic oxidation sites excluding steroid dienone is 1. The fourth-order valence-corrected chi connectivity index (χ4v) is 3.45. The molecule has 0 saturated carbocycles. The average molecular weight is 381 g/mol. The zero-order valence-electron chi connectivity index (χ0n) is 17.2. The van der Waals surface area contributed by atoms with Gasteiger partial charge < -0.3 is 14.6 Å².